The maximum Gasteiger partial charge on any atom is 0.327 e. The van der Waals surface area contributed by atoms with Crippen molar-refractivity contribution in [2.75, 3.05) is 5.75 Å². The van der Waals surface area contributed by atoms with E-state index < -0.39 is 47.9 Å². The van der Waals surface area contributed by atoms with E-state index in [0.29, 0.717) is 12.3 Å². The Morgan fingerprint density at radius 3 is 2.61 bits per heavy atom. The Balaban J connectivity index is 1.41. The molecule has 10 nitrogen and oxygen atoms in total. The highest BCUT2D eigenvalue weighted by Gasteiger charge is 2.69. The smallest absolute Gasteiger partial charge is 0.327 e. The number of hydrogen-bond acceptors (Lipinski definition) is 9. The zero-order chi connectivity index (χ0) is 24.0. The average molecular weight is 488 g/mol. The summed E-state index contributed by atoms with van der Waals surface area (Å²) < 4.78 is 18.0. The Kier molecular flexibility index (Phi) is 6.99. The molecule has 0 aromatic carbocycles. The Morgan fingerprint density at radius 1 is 1.15 bits per heavy atom. The molecule has 1 amide bonds. The fourth-order valence-corrected chi connectivity index (χ4v) is 6.11. The highest BCUT2D eigenvalue weighted by Crippen LogP contribution is 2.60. The van der Waals surface area contributed by atoms with Gasteiger partial charge < -0.3 is 24.6 Å². The molecule has 0 aromatic heterocycles. The summed E-state index contributed by atoms with van der Waals surface area (Å²) in [6, 6.07) is -1.11. The third-order valence-electron chi connectivity index (χ3n) is 7.72. The van der Waals surface area contributed by atoms with Crippen LogP contribution >= 0.6 is 12.6 Å². The third kappa shape index (κ3) is 4.50. The molecule has 4 saturated heterocycles. The van der Waals surface area contributed by atoms with Gasteiger partial charge in [0, 0.05) is 30.4 Å². The van der Waals surface area contributed by atoms with Crippen molar-refractivity contribution in [2.24, 2.45) is 23.7 Å². The van der Waals surface area contributed by atoms with E-state index in [9.17, 15) is 14.4 Å². The number of rotatable bonds is 7. The standard InChI is InChI=1S/C22H33NO9S/c1-11-4-5-14-12(2)19(28-17(25)7-6-16(24)23-15(10-33)18(26)27)29-20-22(14)13(11)8-9-21(3,30-20)31-32-22/h11-15,19-20,33H,4-10H2,1-3H3,(H,23,24)(H,26,27)/t11-,12-,13+,14+,15+,19-,20-,21+,22-/m1/s1. The minimum atomic E-state index is -1.18. The molecular weight excluding hydrogens is 454 g/mol. The number of aliphatic carboxylic acids is 1. The van der Waals surface area contributed by atoms with Crippen LogP contribution in [0.1, 0.15) is 59.3 Å². The van der Waals surface area contributed by atoms with Crippen LogP contribution in [0.15, 0.2) is 0 Å². The van der Waals surface area contributed by atoms with E-state index in [4.69, 9.17) is 29.1 Å². The summed E-state index contributed by atoms with van der Waals surface area (Å²) in [7, 11) is 0. The van der Waals surface area contributed by atoms with Gasteiger partial charge in [0.05, 0.1) is 6.42 Å². The minimum Gasteiger partial charge on any atom is -0.480 e. The zero-order valence-electron chi connectivity index (χ0n) is 19.2. The molecule has 1 spiro atoms. The lowest BCUT2D eigenvalue weighted by Crippen LogP contribution is -2.70. The van der Waals surface area contributed by atoms with Crippen LogP contribution < -0.4 is 5.32 Å². The van der Waals surface area contributed by atoms with Crippen LogP contribution in [0, 0.1) is 23.7 Å². The number of esters is 1. The summed E-state index contributed by atoms with van der Waals surface area (Å²) in [5.41, 5.74) is -0.741. The van der Waals surface area contributed by atoms with Gasteiger partial charge in [-0.05, 0) is 38.0 Å². The molecule has 11 heteroatoms. The molecule has 0 unspecified atom stereocenters. The topological polar surface area (TPSA) is 130 Å². The van der Waals surface area contributed by atoms with Crippen LogP contribution in [0.4, 0.5) is 0 Å². The number of carbonyl (C=O) groups excluding carboxylic acids is 2. The number of carboxylic acid groups (broad SMARTS) is 1. The first-order chi connectivity index (χ1) is 15.6. The lowest BCUT2D eigenvalue weighted by Gasteiger charge is -2.59. The molecular formula is C22H33NO9S. The number of hydrogen-bond donors (Lipinski definition) is 3. The molecule has 1 saturated carbocycles. The quantitative estimate of drug-likeness (QED) is 0.280. The summed E-state index contributed by atoms with van der Waals surface area (Å²) >= 11 is 3.90. The molecule has 0 aromatic rings. The second kappa shape index (κ2) is 9.33. The van der Waals surface area contributed by atoms with Crippen molar-refractivity contribution in [1.29, 1.82) is 0 Å². The van der Waals surface area contributed by atoms with Crippen LogP contribution in [0.5, 0.6) is 0 Å². The van der Waals surface area contributed by atoms with Gasteiger partial charge in [-0.25, -0.2) is 14.6 Å². The highest BCUT2D eigenvalue weighted by atomic mass is 32.1. The van der Waals surface area contributed by atoms with Crippen LogP contribution in [0.2, 0.25) is 0 Å². The molecule has 5 aliphatic rings. The van der Waals surface area contributed by atoms with Crippen molar-refractivity contribution in [1.82, 2.24) is 5.32 Å². The van der Waals surface area contributed by atoms with E-state index in [1.165, 1.54) is 0 Å². The first-order valence-electron chi connectivity index (χ1n) is 11.6. The predicted octanol–water partition coefficient (Wildman–Crippen LogP) is 2.02. The average Bonchev–Trinajstić information content (AvgIpc) is 3.00. The molecule has 1 aliphatic carbocycles. The van der Waals surface area contributed by atoms with Crippen molar-refractivity contribution >= 4 is 30.5 Å². The second-order valence-corrected chi connectivity index (χ2v) is 10.3. The van der Waals surface area contributed by atoms with Gasteiger partial charge in [0.1, 0.15) is 6.04 Å². The SMILES string of the molecule is C[C@H]1[C@H](OC(=O)CCC(=O)N[C@@H](CS)C(=O)O)O[C@@H]2O[C@]3(C)CC[C@H]4[C@H](C)CC[C@@H]1[C@@]24OO3. The largest absolute Gasteiger partial charge is 0.480 e. The Morgan fingerprint density at radius 2 is 1.91 bits per heavy atom. The van der Waals surface area contributed by atoms with Crippen molar-refractivity contribution in [3.63, 3.8) is 0 Å². The number of carbonyl (C=O) groups is 3. The Hall–Kier alpha value is -1.40. The van der Waals surface area contributed by atoms with E-state index in [1.54, 1.807) is 0 Å². The maximum absolute atomic E-state index is 12.5. The van der Waals surface area contributed by atoms with Gasteiger partial charge in [-0.2, -0.15) is 12.6 Å². The summed E-state index contributed by atoms with van der Waals surface area (Å²) in [6.45, 7) is 6.02. The van der Waals surface area contributed by atoms with E-state index in [0.717, 1.165) is 19.3 Å². The van der Waals surface area contributed by atoms with Gasteiger partial charge in [-0.1, -0.05) is 13.8 Å². The predicted molar refractivity (Wildman–Crippen MR) is 116 cm³/mol. The summed E-state index contributed by atoms with van der Waals surface area (Å²) in [4.78, 5) is 47.4. The van der Waals surface area contributed by atoms with Gasteiger partial charge in [0.15, 0.2) is 11.9 Å². The van der Waals surface area contributed by atoms with E-state index in [2.05, 4.69) is 24.9 Å². The highest BCUT2D eigenvalue weighted by molar-refractivity contribution is 7.80. The first kappa shape index (κ1) is 24.7. The zero-order valence-corrected chi connectivity index (χ0v) is 20.0. The lowest BCUT2D eigenvalue weighted by atomic mass is 9.58. The van der Waals surface area contributed by atoms with Gasteiger partial charge in [-0.15, -0.1) is 0 Å². The molecule has 9 atom stereocenters. The Bertz CT molecular complexity index is 796. The first-order valence-corrected chi connectivity index (χ1v) is 12.3. The number of amides is 1. The molecule has 5 rings (SSSR count). The van der Waals surface area contributed by atoms with Crippen molar-refractivity contribution in [3.05, 3.63) is 0 Å². The molecule has 2 bridgehead atoms. The van der Waals surface area contributed by atoms with E-state index >= 15 is 0 Å². The molecule has 4 aliphatic heterocycles. The maximum atomic E-state index is 12.5. The molecule has 4 heterocycles. The van der Waals surface area contributed by atoms with Crippen LogP contribution in [-0.4, -0.2) is 58.7 Å². The van der Waals surface area contributed by atoms with Crippen molar-refractivity contribution < 1.29 is 43.5 Å². The Labute approximate surface area is 198 Å². The summed E-state index contributed by atoms with van der Waals surface area (Å²) in [5, 5.41) is 11.3. The summed E-state index contributed by atoms with van der Waals surface area (Å²) in [6.07, 6.45) is 1.54. The van der Waals surface area contributed by atoms with Crippen molar-refractivity contribution in [2.45, 2.75) is 89.3 Å². The van der Waals surface area contributed by atoms with Crippen molar-refractivity contribution in [3.8, 4) is 0 Å². The van der Waals surface area contributed by atoms with Gasteiger partial charge in [-0.3, -0.25) is 9.59 Å². The van der Waals surface area contributed by atoms with Crippen LogP contribution in [0.3, 0.4) is 0 Å². The number of ether oxygens (including phenoxy) is 3. The lowest BCUT2D eigenvalue weighted by molar-refractivity contribution is -0.576. The minimum absolute atomic E-state index is 0.0212. The molecule has 33 heavy (non-hydrogen) atoms. The normalized spacial score (nSPS) is 42.5. The number of carboxylic acids is 1. The fraction of sp³-hybridized carbons (Fsp3) is 0.864. The molecule has 2 N–H and O–H groups in total. The van der Waals surface area contributed by atoms with Crippen LogP contribution in [0.25, 0.3) is 0 Å². The van der Waals surface area contributed by atoms with Crippen LogP contribution in [-0.2, 0) is 38.4 Å². The number of nitrogens with one attached hydrogen (secondary N) is 1. The van der Waals surface area contributed by atoms with Gasteiger partial charge in [0.25, 0.3) is 0 Å². The summed E-state index contributed by atoms with van der Waals surface area (Å²) in [5.74, 6) is -2.81. The van der Waals surface area contributed by atoms with E-state index in [-0.39, 0.29) is 36.3 Å². The second-order valence-electron chi connectivity index (χ2n) is 9.90. The number of fused-ring (bicyclic) bond motifs is 2. The van der Waals surface area contributed by atoms with Gasteiger partial charge >= 0.3 is 11.9 Å². The molecule has 0 radical (unpaired) electrons. The fourth-order valence-electron chi connectivity index (χ4n) is 5.86. The molecule has 186 valence electrons. The monoisotopic (exact) mass is 487 g/mol. The number of thiol groups is 1. The third-order valence-corrected chi connectivity index (χ3v) is 8.08. The molecule has 5 fully saturated rings. The van der Waals surface area contributed by atoms with Gasteiger partial charge in [0.2, 0.25) is 18.0 Å². The van der Waals surface area contributed by atoms with E-state index in [1.807, 2.05) is 13.8 Å².